The summed E-state index contributed by atoms with van der Waals surface area (Å²) in [6, 6.07) is 0.0125. The minimum absolute atomic E-state index is 0.0125. The summed E-state index contributed by atoms with van der Waals surface area (Å²) in [5, 5.41) is 3.16. The highest BCUT2D eigenvalue weighted by Gasteiger charge is 2.31. The van der Waals surface area contributed by atoms with E-state index in [2.05, 4.69) is 5.32 Å². The summed E-state index contributed by atoms with van der Waals surface area (Å²) in [5.41, 5.74) is 5.75. The number of hydrogen-bond donors (Lipinski definition) is 2. The van der Waals surface area contributed by atoms with E-state index < -0.39 is 0 Å². The number of carbonyl (C=O) groups excluding carboxylic acids is 1. The smallest absolute Gasteiger partial charge is 0.317 e. The van der Waals surface area contributed by atoms with Gasteiger partial charge in [0.05, 0.1) is 5.54 Å². The molecule has 0 aromatic carbocycles. The summed E-state index contributed by atoms with van der Waals surface area (Å²) in [5.74, 6) is 0. The summed E-state index contributed by atoms with van der Waals surface area (Å²) < 4.78 is 0. The first-order chi connectivity index (χ1) is 8.13. The summed E-state index contributed by atoms with van der Waals surface area (Å²) in [6.07, 6.45) is 8.24. The predicted molar refractivity (Wildman–Crippen MR) is 70.9 cm³/mol. The lowest BCUT2D eigenvalue weighted by Crippen LogP contribution is -2.56. The zero-order valence-electron chi connectivity index (χ0n) is 11.3. The van der Waals surface area contributed by atoms with Crippen LogP contribution < -0.4 is 11.1 Å². The third-order valence-electron chi connectivity index (χ3n) is 3.89. The van der Waals surface area contributed by atoms with Gasteiger partial charge < -0.3 is 16.0 Å². The molecule has 0 aromatic heterocycles. The van der Waals surface area contributed by atoms with Crippen molar-refractivity contribution in [2.75, 3.05) is 20.1 Å². The lowest BCUT2D eigenvalue weighted by Gasteiger charge is -2.36. The Balaban J connectivity index is 2.61. The van der Waals surface area contributed by atoms with Gasteiger partial charge in [0, 0.05) is 20.1 Å². The molecule has 0 unspecified atom stereocenters. The van der Waals surface area contributed by atoms with Gasteiger partial charge in [-0.25, -0.2) is 4.79 Å². The largest absolute Gasteiger partial charge is 0.331 e. The lowest BCUT2D eigenvalue weighted by atomic mass is 9.84. The molecule has 0 radical (unpaired) electrons. The third-order valence-corrected chi connectivity index (χ3v) is 3.89. The minimum Gasteiger partial charge on any atom is -0.331 e. The van der Waals surface area contributed by atoms with Crippen LogP contribution in [0.2, 0.25) is 0 Å². The molecule has 2 amide bonds. The summed E-state index contributed by atoms with van der Waals surface area (Å²) >= 11 is 0. The lowest BCUT2D eigenvalue weighted by molar-refractivity contribution is 0.184. The third kappa shape index (κ3) is 4.19. The fourth-order valence-electron chi connectivity index (χ4n) is 2.43. The Labute approximate surface area is 105 Å². The van der Waals surface area contributed by atoms with Crippen LogP contribution >= 0.6 is 0 Å². The summed E-state index contributed by atoms with van der Waals surface area (Å²) in [6.45, 7) is 3.26. The fraction of sp³-hybridized carbons (Fsp3) is 0.923. The Morgan fingerprint density at radius 3 is 2.24 bits per heavy atom. The number of urea groups is 1. The molecule has 17 heavy (non-hydrogen) atoms. The van der Waals surface area contributed by atoms with Crippen LogP contribution in [-0.2, 0) is 0 Å². The molecule has 1 aliphatic rings. The van der Waals surface area contributed by atoms with Crippen molar-refractivity contribution in [3.8, 4) is 0 Å². The zero-order chi connectivity index (χ0) is 12.7. The van der Waals surface area contributed by atoms with Crippen LogP contribution in [0, 0.1) is 0 Å². The molecule has 4 heteroatoms. The average molecular weight is 241 g/mol. The number of nitrogens with one attached hydrogen (secondary N) is 1. The molecular formula is C13H27N3O. The molecule has 3 N–H and O–H groups in total. The highest BCUT2D eigenvalue weighted by Crippen LogP contribution is 2.25. The van der Waals surface area contributed by atoms with Gasteiger partial charge in [-0.15, -0.1) is 0 Å². The second kappa shape index (κ2) is 6.84. The van der Waals surface area contributed by atoms with Gasteiger partial charge in [-0.1, -0.05) is 32.1 Å². The molecular weight excluding hydrogens is 214 g/mol. The van der Waals surface area contributed by atoms with Crippen LogP contribution in [0.25, 0.3) is 0 Å². The van der Waals surface area contributed by atoms with Crippen molar-refractivity contribution >= 4 is 6.03 Å². The van der Waals surface area contributed by atoms with Crippen LogP contribution in [-0.4, -0.2) is 36.6 Å². The van der Waals surface area contributed by atoms with Gasteiger partial charge in [0.15, 0.2) is 0 Å². The Morgan fingerprint density at radius 1 is 1.24 bits per heavy atom. The van der Waals surface area contributed by atoms with Crippen LogP contribution in [0.1, 0.15) is 51.9 Å². The van der Waals surface area contributed by atoms with E-state index in [1.807, 2.05) is 14.0 Å². The topological polar surface area (TPSA) is 58.4 Å². The molecule has 1 rings (SSSR count). The summed E-state index contributed by atoms with van der Waals surface area (Å²) in [4.78, 5) is 13.7. The van der Waals surface area contributed by atoms with Crippen LogP contribution in [0.4, 0.5) is 4.79 Å². The van der Waals surface area contributed by atoms with E-state index in [1.165, 1.54) is 32.1 Å². The standard InChI is InChI=1S/C13H27N3O/c1-3-16(2)12(17)15-13(11-14)9-7-5-4-6-8-10-13/h3-11,14H2,1-2H3,(H,15,17). The molecule has 0 heterocycles. The van der Waals surface area contributed by atoms with Crippen molar-refractivity contribution in [3.63, 3.8) is 0 Å². The number of amides is 2. The van der Waals surface area contributed by atoms with Gasteiger partial charge >= 0.3 is 6.03 Å². The highest BCUT2D eigenvalue weighted by molar-refractivity contribution is 5.74. The second-order valence-electron chi connectivity index (χ2n) is 5.20. The average Bonchev–Trinajstić information content (AvgIpc) is 2.31. The van der Waals surface area contributed by atoms with E-state index in [0.29, 0.717) is 6.54 Å². The summed E-state index contributed by atoms with van der Waals surface area (Å²) in [7, 11) is 1.82. The van der Waals surface area contributed by atoms with Gasteiger partial charge in [-0.3, -0.25) is 0 Å². The molecule has 0 saturated heterocycles. The van der Waals surface area contributed by atoms with E-state index in [9.17, 15) is 4.79 Å². The van der Waals surface area contributed by atoms with E-state index in [-0.39, 0.29) is 11.6 Å². The van der Waals surface area contributed by atoms with E-state index in [4.69, 9.17) is 5.73 Å². The number of nitrogens with zero attached hydrogens (tertiary/aromatic N) is 1. The number of nitrogens with two attached hydrogens (primary N) is 1. The van der Waals surface area contributed by atoms with E-state index >= 15 is 0 Å². The van der Waals surface area contributed by atoms with Crippen molar-refractivity contribution in [2.24, 2.45) is 5.73 Å². The van der Waals surface area contributed by atoms with E-state index in [1.54, 1.807) is 4.90 Å². The van der Waals surface area contributed by atoms with Crippen LogP contribution in [0.15, 0.2) is 0 Å². The highest BCUT2D eigenvalue weighted by atomic mass is 16.2. The maximum atomic E-state index is 12.0. The Hall–Kier alpha value is -0.770. The number of carbonyl (C=O) groups is 1. The van der Waals surface area contributed by atoms with Gasteiger partial charge in [0.2, 0.25) is 0 Å². The second-order valence-corrected chi connectivity index (χ2v) is 5.20. The molecule has 0 bridgehead atoms. The Bertz CT molecular complexity index is 235. The van der Waals surface area contributed by atoms with Gasteiger partial charge in [-0.2, -0.15) is 0 Å². The molecule has 1 saturated carbocycles. The number of rotatable bonds is 3. The molecule has 0 spiro atoms. The van der Waals surface area contributed by atoms with Gasteiger partial charge in [0.25, 0.3) is 0 Å². The molecule has 1 fully saturated rings. The molecule has 100 valence electrons. The predicted octanol–water partition coefficient (Wildman–Crippen LogP) is 2.09. The van der Waals surface area contributed by atoms with Gasteiger partial charge in [-0.05, 0) is 19.8 Å². The Morgan fingerprint density at radius 2 is 1.76 bits per heavy atom. The monoisotopic (exact) mass is 241 g/mol. The Kier molecular flexibility index (Phi) is 5.75. The van der Waals surface area contributed by atoms with Crippen molar-refractivity contribution in [1.29, 1.82) is 0 Å². The molecule has 1 aliphatic carbocycles. The van der Waals surface area contributed by atoms with E-state index in [0.717, 1.165) is 19.4 Å². The maximum Gasteiger partial charge on any atom is 0.317 e. The first-order valence-corrected chi connectivity index (χ1v) is 6.87. The van der Waals surface area contributed by atoms with Crippen molar-refractivity contribution in [2.45, 2.75) is 57.4 Å². The van der Waals surface area contributed by atoms with Crippen LogP contribution in [0.3, 0.4) is 0 Å². The first kappa shape index (κ1) is 14.3. The van der Waals surface area contributed by atoms with Crippen molar-refractivity contribution in [1.82, 2.24) is 10.2 Å². The quantitative estimate of drug-likeness (QED) is 0.795. The molecule has 0 aromatic rings. The first-order valence-electron chi connectivity index (χ1n) is 6.87. The SMILES string of the molecule is CCN(C)C(=O)NC1(CN)CCCCCCC1. The molecule has 0 aliphatic heterocycles. The maximum absolute atomic E-state index is 12.0. The zero-order valence-corrected chi connectivity index (χ0v) is 11.3. The normalized spacial score (nSPS) is 20.2. The van der Waals surface area contributed by atoms with Crippen molar-refractivity contribution < 1.29 is 4.79 Å². The minimum atomic E-state index is -0.166. The van der Waals surface area contributed by atoms with Gasteiger partial charge in [0.1, 0.15) is 0 Å². The number of hydrogen-bond acceptors (Lipinski definition) is 2. The molecule has 4 nitrogen and oxygen atoms in total. The van der Waals surface area contributed by atoms with Crippen molar-refractivity contribution in [3.05, 3.63) is 0 Å². The van der Waals surface area contributed by atoms with Crippen LogP contribution in [0.5, 0.6) is 0 Å². The molecule has 0 atom stereocenters. The fourth-order valence-corrected chi connectivity index (χ4v) is 2.43.